The van der Waals surface area contributed by atoms with E-state index >= 15 is 0 Å². The van der Waals surface area contributed by atoms with E-state index in [1.807, 2.05) is 54.3 Å². The molecule has 3 aromatic rings. The normalized spacial score (nSPS) is 15.1. The smallest absolute Gasteiger partial charge is 0.253 e. The molecule has 0 atom stereocenters. The number of thiazole rings is 1. The highest BCUT2D eigenvalue weighted by Crippen LogP contribution is 2.24. The molecule has 4 nitrogen and oxygen atoms in total. The molecular weight excluding hydrogens is 354 g/mol. The van der Waals surface area contributed by atoms with Gasteiger partial charge in [-0.3, -0.25) is 9.69 Å². The van der Waals surface area contributed by atoms with Gasteiger partial charge >= 0.3 is 0 Å². The second-order valence-electron chi connectivity index (χ2n) is 6.94. The van der Waals surface area contributed by atoms with Crippen LogP contribution in [0.15, 0.2) is 60.0 Å². The lowest BCUT2D eigenvalue weighted by Gasteiger charge is -2.34. The van der Waals surface area contributed by atoms with Crippen LogP contribution in [0.1, 0.15) is 21.6 Å². The summed E-state index contributed by atoms with van der Waals surface area (Å²) in [5.74, 6) is 0.134. The van der Waals surface area contributed by atoms with Crippen LogP contribution in [0.25, 0.3) is 10.6 Å². The Morgan fingerprint density at radius 3 is 2.41 bits per heavy atom. The van der Waals surface area contributed by atoms with E-state index in [2.05, 4.69) is 22.4 Å². The fourth-order valence-electron chi connectivity index (χ4n) is 3.31. The lowest BCUT2D eigenvalue weighted by Crippen LogP contribution is -2.48. The van der Waals surface area contributed by atoms with Crippen molar-refractivity contribution in [3.63, 3.8) is 0 Å². The van der Waals surface area contributed by atoms with Crippen LogP contribution >= 0.6 is 11.3 Å². The molecule has 1 aliphatic heterocycles. The number of carbonyl (C=O) groups excluding carboxylic acids is 1. The maximum Gasteiger partial charge on any atom is 0.253 e. The number of piperazine rings is 1. The number of hydrogen-bond donors (Lipinski definition) is 0. The predicted octanol–water partition coefficient (Wildman–Crippen LogP) is 4.08. The van der Waals surface area contributed by atoms with Crippen molar-refractivity contribution in [2.75, 3.05) is 26.2 Å². The van der Waals surface area contributed by atoms with Crippen molar-refractivity contribution in [3.05, 3.63) is 76.8 Å². The minimum atomic E-state index is 0.134. The summed E-state index contributed by atoms with van der Waals surface area (Å²) in [6.07, 6.45) is 0. The zero-order valence-electron chi connectivity index (χ0n) is 15.5. The molecule has 2 aromatic carbocycles. The van der Waals surface area contributed by atoms with Gasteiger partial charge in [0.25, 0.3) is 5.91 Å². The molecular formula is C22H23N3OS. The predicted molar refractivity (Wildman–Crippen MR) is 110 cm³/mol. The van der Waals surface area contributed by atoms with Crippen LogP contribution in [0, 0.1) is 6.92 Å². The number of benzene rings is 2. The fourth-order valence-corrected chi connectivity index (χ4v) is 4.13. The van der Waals surface area contributed by atoms with E-state index in [9.17, 15) is 4.79 Å². The first-order valence-electron chi connectivity index (χ1n) is 9.27. The number of carbonyl (C=O) groups is 1. The van der Waals surface area contributed by atoms with Gasteiger partial charge in [-0.05, 0) is 19.1 Å². The molecule has 4 rings (SSSR count). The second-order valence-corrected chi connectivity index (χ2v) is 7.80. The molecule has 0 spiro atoms. The van der Waals surface area contributed by atoms with Crippen molar-refractivity contribution in [2.24, 2.45) is 0 Å². The van der Waals surface area contributed by atoms with Crippen LogP contribution < -0.4 is 0 Å². The zero-order chi connectivity index (χ0) is 18.6. The van der Waals surface area contributed by atoms with Gasteiger partial charge in [0, 0.05) is 49.2 Å². The highest BCUT2D eigenvalue weighted by molar-refractivity contribution is 7.13. The summed E-state index contributed by atoms with van der Waals surface area (Å²) in [5.41, 5.74) is 4.23. The lowest BCUT2D eigenvalue weighted by atomic mass is 10.1. The Morgan fingerprint density at radius 2 is 1.70 bits per heavy atom. The maximum atomic E-state index is 12.6. The van der Waals surface area contributed by atoms with Crippen molar-refractivity contribution in [1.82, 2.24) is 14.8 Å². The molecule has 1 aromatic heterocycles. The minimum absolute atomic E-state index is 0.134. The number of amides is 1. The van der Waals surface area contributed by atoms with E-state index < -0.39 is 0 Å². The molecule has 0 unspecified atom stereocenters. The maximum absolute atomic E-state index is 12.6. The Balaban J connectivity index is 1.33. The van der Waals surface area contributed by atoms with Crippen molar-refractivity contribution < 1.29 is 4.79 Å². The van der Waals surface area contributed by atoms with Crippen LogP contribution in [0.3, 0.4) is 0 Å². The molecule has 0 saturated carbocycles. The van der Waals surface area contributed by atoms with Gasteiger partial charge in [-0.2, -0.15) is 0 Å². The van der Waals surface area contributed by atoms with Gasteiger partial charge in [-0.1, -0.05) is 48.0 Å². The third kappa shape index (κ3) is 4.26. The highest BCUT2D eigenvalue weighted by atomic mass is 32.1. The fraction of sp³-hybridized carbons (Fsp3) is 0.273. The Bertz CT molecular complexity index is 897. The van der Waals surface area contributed by atoms with E-state index in [-0.39, 0.29) is 5.91 Å². The van der Waals surface area contributed by atoms with Gasteiger partial charge < -0.3 is 4.90 Å². The highest BCUT2D eigenvalue weighted by Gasteiger charge is 2.22. The van der Waals surface area contributed by atoms with E-state index in [1.54, 1.807) is 11.3 Å². The summed E-state index contributed by atoms with van der Waals surface area (Å²) < 4.78 is 0. The van der Waals surface area contributed by atoms with E-state index in [0.29, 0.717) is 0 Å². The van der Waals surface area contributed by atoms with Gasteiger partial charge in [0.15, 0.2) is 0 Å². The summed E-state index contributed by atoms with van der Waals surface area (Å²) in [4.78, 5) is 21.7. The average molecular weight is 378 g/mol. The van der Waals surface area contributed by atoms with Gasteiger partial charge in [0.05, 0.1) is 5.69 Å². The van der Waals surface area contributed by atoms with Crippen molar-refractivity contribution >= 4 is 17.2 Å². The number of rotatable bonds is 4. The first-order chi connectivity index (χ1) is 13.2. The zero-order valence-corrected chi connectivity index (χ0v) is 16.3. The first kappa shape index (κ1) is 17.9. The van der Waals surface area contributed by atoms with E-state index in [4.69, 9.17) is 4.98 Å². The summed E-state index contributed by atoms with van der Waals surface area (Å²) in [6, 6.07) is 18.1. The number of aromatic nitrogens is 1. The molecule has 1 fully saturated rings. The number of aryl methyl sites for hydroxylation is 1. The van der Waals surface area contributed by atoms with Crippen LogP contribution in [-0.2, 0) is 6.54 Å². The molecule has 1 aliphatic rings. The molecule has 0 bridgehead atoms. The first-order valence-corrected chi connectivity index (χ1v) is 10.1. The Labute approximate surface area is 164 Å². The monoisotopic (exact) mass is 377 g/mol. The summed E-state index contributed by atoms with van der Waals surface area (Å²) in [7, 11) is 0. The quantitative estimate of drug-likeness (QED) is 0.687. The van der Waals surface area contributed by atoms with Gasteiger partial charge in [0.1, 0.15) is 5.01 Å². The summed E-state index contributed by atoms with van der Waals surface area (Å²) in [6.45, 7) is 6.18. The Morgan fingerprint density at radius 1 is 1.00 bits per heavy atom. The third-order valence-electron chi connectivity index (χ3n) is 4.92. The lowest BCUT2D eigenvalue weighted by molar-refractivity contribution is 0.0627. The summed E-state index contributed by atoms with van der Waals surface area (Å²) >= 11 is 1.69. The second kappa shape index (κ2) is 8.03. The number of nitrogens with zero attached hydrogens (tertiary/aromatic N) is 3. The molecule has 0 aliphatic carbocycles. The number of hydrogen-bond acceptors (Lipinski definition) is 4. The van der Waals surface area contributed by atoms with Crippen LogP contribution in [0.5, 0.6) is 0 Å². The van der Waals surface area contributed by atoms with Crippen molar-refractivity contribution in [1.29, 1.82) is 0 Å². The van der Waals surface area contributed by atoms with E-state index in [0.717, 1.165) is 49.0 Å². The van der Waals surface area contributed by atoms with Gasteiger partial charge in [0.2, 0.25) is 0 Å². The third-order valence-corrected chi connectivity index (χ3v) is 5.86. The molecule has 5 heteroatoms. The Kier molecular flexibility index (Phi) is 5.32. The van der Waals surface area contributed by atoms with Crippen molar-refractivity contribution in [3.8, 4) is 10.6 Å². The largest absolute Gasteiger partial charge is 0.336 e. The molecule has 2 heterocycles. The average Bonchev–Trinajstić information content (AvgIpc) is 3.18. The molecule has 0 radical (unpaired) electrons. The van der Waals surface area contributed by atoms with Crippen LogP contribution in [0.2, 0.25) is 0 Å². The van der Waals surface area contributed by atoms with Gasteiger partial charge in [-0.25, -0.2) is 4.98 Å². The Hall–Kier alpha value is -2.50. The standard InChI is InChI=1S/C22H23N3OS/c1-17-7-9-19(10-8-17)22(26)25-13-11-24(12-14-25)15-20-16-27-21(23-20)18-5-3-2-4-6-18/h2-10,16H,11-15H2,1H3. The van der Waals surface area contributed by atoms with Gasteiger partial charge in [-0.15, -0.1) is 11.3 Å². The van der Waals surface area contributed by atoms with Crippen LogP contribution in [-0.4, -0.2) is 46.9 Å². The topological polar surface area (TPSA) is 36.4 Å². The van der Waals surface area contributed by atoms with Crippen molar-refractivity contribution in [2.45, 2.75) is 13.5 Å². The SMILES string of the molecule is Cc1ccc(C(=O)N2CCN(Cc3csc(-c4ccccc4)n3)CC2)cc1. The minimum Gasteiger partial charge on any atom is -0.336 e. The molecule has 0 N–H and O–H groups in total. The molecule has 1 saturated heterocycles. The molecule has 138 valence electrons. The van der Waals surface area contributed by atoms with E-state index in [1.165, 1.54) is 11.1 Å². The molecule has 27 heavy (non-hydrogen) atoms. The van der Waals surface area contributed by atoms with Crippen LogP contribution in [0.4, 0.5) is 0 Å². The summed E-state index contributed by atoms with van der Waals surface area (Å²) in [5, 5.41) is 3.21. The molecule has 1 amide bonds.